The van der Waals surface area contributed by atoms with Gasteiger partial charge in [-0.15, -0.1) is 0 Å². The van der Waals surface area contributed by atoms with Crippen molar-refractivity contribution in [1.29, 1.82) is 0 Å². The van der Waals surface area contributed by atoms with Crippen LogP contribution in [0.15, 0.2) is 35.0 Å². The molecule has 0 radical (unpaired) electrons. The Morgan fingerprint density at radius 1 is 1.38 bits per heavy atom. The predicted molar refractivity (Wildman–Crippen MR) is 95.1 cm³/mol. The molecule has 1 fully saturated rings. The number of hydrogen-bond donors (Lipinski definition) is 1. The fraction of sp³-hybridized carbons (Fsp3) is 0.474. The van der Waals surface area contributed by atoms with Gasteiger partial charge in [0, 0.05) is 24.4 Å². The summed E-state index contributed by atoms with van der Waals surface area (Å²) in [7, 11) is 0. The quantitative estimate of drug-likeness (QED) is 0.809. The van der Waals surface area contributed by atoms with Gasteiger partial charge in [0.15, 0.2) is 6.29 Å². The van der Waals surface area contributed by atoms with Crippen molar-refractivity contribution in [2.75, 3.05) is 6.61 Å². The molecule has 3 rings (SSSR count). The third-order valence-corrected chi connectivity index (χ3v) is 4.54. The molecular weight excluding hydrogens is 340 g/mol. The summed E-state index contributed by atoms with van der Waals surface area (Å²) in [5, 5.41) is 2.99. The summed E-state index contributed by atoms with van der Waals surface area (Å²) in [6.45, 7) is 3.82. The first-order valence-electron chi connectivity index (χ1n) is 8.71. The van der Waals surface area contributed by atoms with E-state index < -0.39 is 19.3 Å². The number of carbonyl (C=O) groups excluding carboxylic acids is 1. The van der Waals surface area contributed by atoms with Gasteiger partial charge in [-0.25, -0.2) is 13.8 Å². The summed E-state index contributed by atoms with van der Waals surface area (Å²) in [5.74, 6) is 0.583. The van der Waals surface area contributed by atoms with E-state index in [0.717, 1.165) is 29.7 Å². The number of allylic oxidation sites excluding steroid dienone is 2. The Morgan fingerprint density at radius 3 is 2.81 bits per heavy atom. The van der Waals surface area contributed by atoms with Crippen molar-refractivity contribution >= 4 is 12.1 Å². The molecule has 1 amide bonds. The lowest BCUT2D eigenvalue weighted by atomic mass is 10.1. The van der Waals surface area contributed by atoms with Crippen molar-refractivity contribution in [2.24, 2.45) is 10.9 Å². The molecule has 0 saturated heterocycles. The van der Waals surface area contributed by atoms with Gasteiger partial charge >= 0.3 is 0 Å². The molecule has 1 aliphatic heterocycles. The van der Waals surface area contributed by atoms with Gasteiger partial charge in [0.25, 0.3) is 6.43 Å². The van der Waals surface area contributed by atoms with Crippen LogP contribution in [0, 0.1) is 12.8 Å². The molecule has 1 aromatic carbocycles. The number of benzene rings is 1. The van der Waals surface area contributed by atoms with Crippen LogP contribution in [0.5, 0.6) is 5.75 Å². The Morgan fingerprint density at radius 2 is 2.15 bits per heavy atom. The number of halogens is 2. The molecule has 1 aliphatic carbocycles. The lowest BCUT2D eigenvalue weighted by molar-refractivity contribution is -0.124. The van der Waals surface area contributed by atoms with Gasteiger partial charge in [0.2, 0.25) is 5.91 Å². The highest BCUT2D eigenvalue weighted by atomic mass is 19.3. The SMILES string of the molecule is CC1=CC=NC(NC(=O)C2CC2)N1Cc1ccc(OCC(F)F)cc1C. The summed E-state index contributed by atoms with van der Waals surface area (Å²) in [6, 6.07) is 5.30. The Bertz CT molecular complexity index is 729. The van der Waals surface area contributed by atoms with E-state index in [9.17, 15) is 13.6 Å². The summed E-state index contributed by atoms with van der Waals surface area (Å²) in [5.41, 5.74) is 2.95. The van der Waals surface area contributed by atoms with Crippen LogP contribution in [0.2, 0.25) is 0 Å². The zero-order valence-corrected chi connectivity index (χ0v) is 14.9. The van der Waals surface area contributed by atoms with Gasteiger partial charge in [0.05, 0.1) is 0 Å². The molecule has 1 heterocycles. The number of aryl methyl sites for hydroxylation is 1. The van der Waals surface area contributed by atoms with Crippen molar-refractivity contribution in [3.8, 4) is 5.75 Å². The number of alkyl halides is 2. The molecule has 1 aromatic rings. The Hall–Kier alpha value is -2.44. The average Bonchev–Trinajstić information content (AvgIpc) is 3.42. The van der Waals surface area contributed by atoms with Gasteiger partial charge < -0.3 is 15.0 Å². The van der Waals surface area contributed by atoms with Gasteiger partial charge in [-0.05, 0) is 56.0 Å². The molecule has 1 saturated carbocycles. The second kappa shape index (κ2) is 7.85. The molecule has 1 N–H and O–H groups in total. The molecule has 2 aliphatic rings. The average molecular weight is 363 g/mol. The molecular formula is C19H23F2N3O2. The highest BCUT2D eigenvalue weighted by molar-refractivity contribution is 5.81. The zero-order chi connectivity index (χ0) is 18.7. The number of ether oxygens (including phenoxy) is 1. The monoisotopic (exact) mass is 363 g/mol. The highest BCUT2D eigenvalue weighted by Gasteiger charge is 2.32. The predicted octanol–water partition coefficient (Wildman–Crippen LogP) is 3.24. The molecule has 1 unspecified atom stereocenters. The topological polar surface area (TPSA) is 53.9 Å². The summed E-state index contributed by atoms with van der Waals surface area (Å²) >= 11 is 0. The maximum Gasteiger partial charge on any atom is 0.272 e. The number of nitrogens with zero attached hydrogens (tertiary/aromatic N) is 2. The van der Waals surface area contributed by atoms with Crippen molar-refractivity contribution in [1.82, 2.24) is 10.2 Å². The van der Waals surface area contributed by atoms with Gasteiger partial charge in [0.1, 0.15) is 12.4 Å². The van der Waals surface area contributed by atoms with Crippen molar-refractivity contribution in [3.63, 3.8) is 0 Å². The van der Waals surface area contributed by atoms with Crippen molar-refractivity contribution in [2.45, 2.75) is 45.9 Å². The highest BCUT2D eigenvalue weighted by Crippen LogP contribution is 2.29. The van der Waals surface area contributed by atoms with Gasteiger partial charge in [-0.3, -0.25) is 4.79 Å². The minimum absolute atomic E-state index is 0.0410. The fourth-order valence-corrected chi connectivity index (χ4v) is 2.80. The van der Waals surface area contributed by atoms with Crippen LogP contribution < -0.4 is 10.1 Å². The number of hydrogen-bond acceptors (Lipinski definition) is 4. The van der Waals surface area contributed by atoms with E-state index >= 15 is 0 Å². The standard InChI is InChI=1S/C19H23F2N3O2/c1-12-9-16(26-11-17(20)21)6-5-15(12)10-24-13(2)7-8-22-19(24)23-18(25)14-3-4-14/h5-9,14,17,19H,3-4,10-11H2,1-2H3,(H,23,25). The van der Waals surface area contributed by atoms with Crippen LogP contribution in [0.3, 0.4) is 0 Å². The summed E-state index contributed by atoms with van der Waals surface area (Å²) in [4.78, 5) is 18.5. The molecule has 0 bridgehead atoms. The second-order valence-corrected chi connectivity index (χ2v) is 6.68. The van der Waals surface area contributed by atoms with E-state index in [-0.39, 0.29) is 11.8 Å². The van der Waals surface area contributed by atoms with E-state index in [1.54, 1.807) is 18.3 Å². The summed E-state index contributed by atoms with van der Waals surface area (Å²) in [6.07, 6.45) is 2.56. The van der Waals surface area contributed by atoms with Crippen LogP contribution in [0.1, 0.15) is 30.9 Å². The Kier molecular flexibility index (Phi) is 5.54. The largest absolute Gasteiger partial charge is 0.488 e. The number of carbonyl (C=O) groups is 1. The van der Waals surface area contributed by atoms with Crippen molar-refractivity contribution in [3.05, 3.63) is 41.1 Å². The zero-order valence-electron chi connectivity index (χ0n) is 14.9. The van der Waals surface area contributed by atoms with E-state index in [2.05, 4.69) is 10.3 Å². The van der Waals surface area contributed by atoms with Crippen LogP contribution in [-0.2, 0) is 11.3 Å². The number of amides is 1. The maximum absolute atomic E-state index is 12.3. The third kappa shape index (κ3) is 4.59. The van der Waals surface area contributed by atoms with Crippen LogP contribution in [0.4, 0.5) is 8.78 Å². The summed E-state index contributed by atoms with van der Waals surface area (Å²) < 4.78 is 29.6. The van der Waals surface area contributed by atoms with E-state index in [0.29, 0.717) is 12.3 Å². The molecule has 5 nitrogen and oxygen atoms in total. The van der Waals surface area contributed by atoms with E-state index in [1.807, 2.05) is 30.9 Å². The second-order valence-electron chi connectivity index (χ2n) is 6.68. The van der Waals surface area contributed by atoms with Crippen molar-refractivity contribution < 1.29 is 18.3 Å². The number of nitrogens with one attached hydrogen (secondary N) is 1. The molecule has 0 spiro atoms. The number of rotatable bonds is 7. The first-order valence-corrected chi connectivity index (χ1v) is 8.71. The lowest BCUT2D eigenvalue weighted by Gasteiger charge is -2.34. The Labute approximate surface area is 151 Å². The molecule has 140 valence electrons. The Balaban J connectivity index is 1.69. The molecule has 0 aromatic heterocycles. The van der Waals surface area contributed by atoms with Crippen LogP contribution >= 0.6 is 0 Å². The normalized spacial score (nSPS) is 19.5. The van der Waals surface area contributed by atoms with Gasteiger partial charge in [-0.1, -0.05) is 6.07 Å². The van der Waals surface area contributed by atoms with Crippen LogP contribution in [-0.4, -0.2) is 36.3 Å². The van der Waals surface area contributed by atoms with E-state index in [4.69, 9.17) is 4.74 Å². The fourth-order valence-electron chi connectivity index (χ4n) is 2.80. The lowest BCUT2D eigenvalue weighted by Crippen LogP contribution is -2.47. The first kappa shape index (κ1) is 18.4. The van der Waals surface area contributed by atoms with E-state index in [1.165, 1.54) is 0 Å². The third-order valence-electron chi connectivity index (χ3n) is 4.54. The minimum atomic E-state index is -2.50. The molecule has 1 atom stereocenters. The minimum Gasteiger partial charge on any atom is -0.488 e. The molecule has 7 heteroatoms. The van der Waals surface area contributed by atoms with Crippen LogP contribution in [0.25, 0.3) is 0 Å². The first-order chi connectivity index (χ1) is 12.4. The maximum atomic E-state index is 12.3. The number of aliphatic imine (C=N–C) groups is 1. The van der Waals surface area contributed by atoms with Gasteiger partial charge in [-0.2, -0.15) is 0 Å². The molecule has 26 heavy (non-hydrogen) atoms. The smallest absolute Gasteiger partial charge is 0.272 e.